The van der Waals surface area contributed by atoms with Crippen LogP contribution in [0.2, 0.25) is 0 Å². The summed E-state index contributed by atoms with van der Waals surface area (Å²) in [5.74, 6) is -1.14. The Morgan fingerprint density at radius 3 is 2.12 bits per heavy atom. The maximum absolute atomic E-state index is 12.0. The fraction of sp³-hybridized carbons (Fsp3) is 0.500. The van der Waals surface area contributed by atoms with Gasteiger partial charge in [0.1, 0.15) is 6.42 Å². The second-order valence-electron chi connectivity index (χ2n) is 5.70. The Morgan fingerprint density at radius 1 is 1.04 bits per heavy atom. The van der Waals surface area contributed by atoms with Crippen molar-refractivity contribution in [1.82, 2.24) is 5.32 Å². The summed E-state index contributed by atoms with van der Waals surface area (Å²) in [5.41, 5.74) is 1.94. The van der Waals surface area contributed by atoms with Gasteiger partial charge in [-0.05, 0) is 24.0 Å². The van der Waals surface area contributed by atoms with Crippen molar-refractivity contribution in [2.75, 3.05) is 13.7 Å². The second kappa shape index (κ2) is 9.70. The van der Waals surface area contributed by atoms with Gasteiger partial charge in [-0.15, -0.1) is 0 Å². The van der Waals surface area contributed by atoms with E-state index in [1.807, 2.05) is 24.3 Å². The number of hydrogen-bond acceptors (Lipinski definition) is 5. The molecule has 24 heavy (non-hydrogen) atoms. The van der Waals surface area contributed by atoms with Gasteiger partial charge < -0.3 is 14.8 Å². The fourth-order valence-corrected chi connectivity index (χ4v) is 2.20. The summed E-state index contributed by atoms with van der Waals surface area (Å²) in [5, 5.41) is 2.70. The average Bonchev–Trinajstić information content (AvgIpc) is 2.54. The molecule has 0 saturated heterocycles. The molecule has 6 nitrogen and oxygen atoms in total. The summed E-state index contributed by atoms with van der Waals surface area (Å²) in [6.45, 7) is 6.06. The van der Waals surface area contributed by atoms with Gasteiger partial charge in [0.05, 0.1) is 26.2 Å². The van der Waals surface area contributed by atoms with Gasteiger partial charge in [-0.3, -0.25) is 14.4 Å². The van der Waals surface area contributed by atoms with Gasteiger partial charge in [0.15, 0.2) is 0 Å². The number of ether oxygens (including phenoxy) is 2. The summed E-state index contributed by atoms with van der Waals surface area (Å²) in [6, 6.07) is 7.10. The van der Waals surface area contributed by atoms with Crippen molar-refractivity contribution in [2.24, 2.45) is 0 Å². The van der Waals surface area contributed by atoms with Crippen molar-refractivity contribution in [3.63, 3.8) is 0 Å². The molecular formula is C18H25NO5. The molecule has 0 spiro atoms. The van der Waals surface area contributed by atoms with Crippen molar-refractivity contribution in [2.45, 2.75) is 45.6 Å². The molecule has 6 heteroatoms. The Labute approximate surface area is 142 Å². The maximum Gasteiger partial charge on any atom is 0.315 e. The molecule has 1 aromatic rings. The third kappa shape index (κ3) is 6.40. The number of amides is 1. The Hall–Kier alpha value is -2.37. The lowest BCUT2D eigenvalue weighted by molar-refractivity contribution is -0.146. The highest BCUT2D eigenvalue weighted by atomic mass is 16.5. The van der Waals surface area contributed by atoms with Crippen molar-refractivity contribution < 1.29 is 23.9 Å². The predicted octanol–water partition coefficient (Wildman–Crippen LogP) is 2.48. The van der Waals surface area contributed by atoms with Gasteiger partial charge in [0.2, 0.25) is 5.91 Å². The maximum atomic E-state index is 12.0. The molecule has 1 amide bonds. The summed E-state index contributed by atoms with van der Waals surface area (Å²) in [7, 11) is 1.29. The van der Waals surface area contributed by atoms with Gasteiger partial charge in [0, 0.05) is 0 Å². The molecule has 0 fully saturated rings. The molecular weight excluding hydrogens is 310 g/mol. The monoisotopic (exact) mass is 335 g/mol. The van der Waals surface area contributed by atoms with Crippen LogP contribution < -0.4 is 5.32 Å². The standard InChI is InChI=1S/C18H25NO5/c1-5-24-18(22)11-16(20)19-15(10-17(21)23-4)14-8-6-13(7-9-14)12(2)3/h6-9,12,15H,5,10-11H2,1-4H3,(H,19,20)/t15-/m1/s1. The smallest absolute Gasteiger partial charge is 0.315 e. The number of hydrogen-bond donors (Lipinski definition) is 1. The lowest BCUT2D eigenvalue weighted by Gasteiger charge is -2.19. The lowest BCUT2D eigenvalue weighted by atomic mass is 9.97. The Morgan fingerprint density at radius 2 is 1.62 bits per heavy atom. The number of methoxy groups -OCH3 is 1. The van der Waals surface area contributed by atoms with Crippen LogP contribution >= 0.6 is 0 Å². The Bertz CT molecular complexity index is 565. The van der Waals surface area contributed by atoms with Crippen molar-refractivity contribution in [1.29, 1.82) is 0 Å². The van der Waals surface area contributed by atoms with Crippen LogP contribution in [0.25, 0.3) is 0 Å². The highest BCUT2D eigenvalue weighted by Crippen LogP contribution is 2.21. The topological polar surface area (TPSA) is 81.7 Å². The molecule has 0 aromatic heterocycles. The molecule has 1 aromatic carbocycles. The van der Waals surface area contributed by atoms with E-state index in [0.717, 1.165) is 11.1 Å². The quantitative estimate of drug-likeness (QED) is 0.583. The highest BCUT2D eigenvalue weighted by Gasteiger charge is 2.20. The van der Waals surface area contributed by atoms with Gasteiger partial charge in [-0.25, -0.2) is 0 Å². The molecule has 0 saturated carbocycles. The average molecular weight is 335 g/mol. The van der Waals surface area contributed by atoms with E-state index in [1.54, 1.807) is 6.92 Å². The van der Waals surface area contributed by atoms with E-state index in [1.165, 1.54) is 7.11 Å². The molecule has 0 heterocycles. The highest BCUT2D eigenvalue weighted by molar-refractivity contribution is 5.94. The van der Waals surface area contributed by atoms with Crippen molar-refractivity contribution in [3.05, 3.63) is 35.4 Å². The first kappa shape index (κ1) is 19.7. The van der Waals surface area contributed by atoms with Crippen LogP contribution in [0.15, 0.2) is 24.3 Å². The van der Waals surface area contributed by atoms with Crippen LogP contribution in [0.5, 0.6) is 0 Å². The van der Waals surface area contributed by atoms with Gasteiger partial charge in [-0.1, -0.05) is 38.1 Å². The lowest BCUT2D eigenvalue weighted by Crippen LogP contribution is -2.32. The van der Waals surface area contributed by atoms with E-state index in [4.69, 9.17) is 4.74 Å². The largest absolute Gasteiger partial charge is 0.469 e. The number of carbonyl (C=O) groups is 3. The van der Waals surface area contributed by atoms with Crippen molar-refractivity contribution in [3.8, 4) is 0 Å². The minimum Gasteiger partial charge on any atom is -0.469 e. The molecule has 1 N–H and O–H groups in total. The number of esters is 2. The molecule has 1 rings (SSSR count). The van der Waals surface area contributed by atoms with E-state index >= 15 is 0 Å². The third-order valence-corrected chi connectivity index (χ3v) is 3.55. The van der Waals surface area contributed by atoms with Crippen LogP contribution in [0.3, 0.4) is 0 Å². The first-order chi connectivity index (χ1) is 11.4. The normalized spacial score (nSPS) is 11.7. The number of benzene rings is 1. The predicted molar refractivity (Wildman–Crippen MR) is 89.3 cm³/mol. The van der Waals surface area contributed by atoms with E-state index in [9.17, 15) is 14.4 Å². The molecule has 0 radical (unpaired) electrons. The number of carbonyl (C=O) groups excluding carboxylic acids is 3. The number of nitrogens with one attached hydrogen (secondary N) is 1. The zero-order valence-electron chi connectivity index (χ0n) is 14.6. The zero-order chi connectivity index (χ0) is 18.1. The molecule has 0 unspecified atom stereocenters. The fourth-order valence-electron chi connectivity index (χ4n) is 2.20. The summed E-state index contributed by atoms with van der Waals surface area (Å²) in [6.07, 6.45) is -0.387. The molecule has 1 atom stereocenters. The Balaban J connectivity index is 2.85. The van der Waals surface area contributed by atoms with Crippen molar-refractivity contribution >= 4 is 17.8 Å². The summed E-state index contributed by atoms with van der Waals surface area (Å²) < 4.78 is 9.44. The zero-order valence-corrected chi connectivity index (χ0v) is 14.6. The summed E-state index contributed by atoms with van der Waals surface area (Å²) >= 11 is 0. The van der Waals surface area contributed by atoms with E-state index in [-0.39, 0.29) is 19.4 Å². The minimum atomic E-state index is -0.595. The first-order valence-electron chi connectivity index (χ1n) is 7.99. The molecule has 0 aliphatic rings. The van der Waals surface area contributed by atoms with Crippen LogP contribution in [-0.2, 0) is 23.9 Å². The SMILES string of the molecule is CCOC(=O)CC(=O)N[C@H](CC(=O)OC)c1ccc(C(C)C)cc1. The third-order valence-electron chi connectivity index (χ3n) is 3.55. The molecule has 0 aliphatic heterocycles. The van der Waals surface area contributed by atoms with E-state index < -0.39 is 23.9 Å². The van der Waals surface area contributed by atoms with E-state index in [2.05, 4.69) is 23.9 Å². The van der Waals surface area contributed by atoms with Gasteiger partial charge in [-0.2, -0.15) is 0 Å². The molecule has 0 aliphatic carbocycles. The van der Waals surface area contributed by atoms with Gasteiger partial charge >= 0.3 is 11.9 Å². The first-order valence-corrected chi connectivity index (χ1v) is 7.99. The van der Waals surface area contributed by atoms with E-state index in [0.29, 0.717) is 5.92 Å². The van der Waals surface area contributed by atoms with Crippen LogP contribution in [0.4, 0.5) is 0 Å². The van der Waals surface area contributed by atoms with Crippen LogP contribution in [0, 0.1) is 0 Å². The number of rotatable bonds is 8. The Kier molecular flexibility index (Phi) is 7.95. The van der Waals surface area contributed by atoms with Crippen LogP contribution in [0.1, 0.15) is 56.7 Å². The van der Waals surface area contributed by atoms with Gasteiger partial charge in [0.25, 0.3) is 0 Å². The molecule has 0 bridgehead atoms. The minimum absolute atomic E-state index is 0.00785. The molecule has 132 valence electrons. The summed E-state index contributed by atoms with van der Waals surface area (Å²) in [4.78, 5) is 35.0. The second-order valence-corrected chi connectivity index (χ2v) is 5.70. The van der Waals surface area contributed by atoms with Crippen LogP contribution in [-0.4, -0.2) is 31.6 Å².